The number of halogens is 3. The Morgan fingerprint density at radius 2 is 1.72 bits per heavy atom. The number of hydrogen-bond donors (Lipinski definition) is 1. The smallest absolute Gasteiger partial charge is 0.323 e. The summed E-state index contributed by atoms with van der Waals surface area (Å²) in [6, 6.07) is 17.8. The molecule has 3 aromatic carbocycles. The number of carbonyl (C=O) groups excluding carboxylic acids is 1. The summed E-state index contributed by atoms with van der Waals surface area (Å²) >= 11 is 11.8. The molecule has 36 heavy (non-hydrogen) atoms. The van der Waals surface area contributed by atoms with E-state index < -0.39 is 18.3 Å². The first-order chi connectivity index (χ1) is 17.1. The number of carbonyl (C=O) groups is 2. The number of rotatable bonds is 9. The molecule has 1 heterocycles. The Bertz CT molecular complexity index is 1280. The van der Waals surface area contributed by atoms with Crippen molar-refractivity contribution in [3.63, 3.8) is 0 Å². The van der Waals surface area contributed by atoms with Crippen molar-refractivity contribution in [3.8, 4) is 5.75 Å². The highest BCUT2D eigenvalue weighted by atomic mass is 35.5. The number of nitrogens with zero attached hydrogens (tertiary/aromatic N) is 1. The maximum Gasteiger partial charge on any atom is 0.323 e. The van der Waals surface area contributed by atoms with Gasteiger partial charge in [-0.15, -0.1) is 0 Å². The lowest BCUT2D eigenvalue weighted by Gasteiger charge is -2.24. The highest BCUT2D eigenvalue weighted by molar-refractivity contribution is 6.31. The quantitative estimate of drug-likeness (QED) is 0.362. The van der Waals surface area contributed by atoms with Gasteiger partial charge < -0.3 is 14.7 Å². The van der Waals surface area contributed by atoms with E-state index in [2.05, 4.69) is 13.0 Å². The SMILES string of the molecule is C[C@@]1(Cc2ccc(Cl)cc2)Cc2cc(CCC(=O)N(CC(=O)O)Cc3ccc(F)c(Cl)c3)ccc2O1. The van der Waals surface area contributed by atoms with Crippen molar-refractivity contribution in [2.45, 2.75) is 44.8 Å². The fourth-order valence-electron chi connectivity index (χ4n) is 4.53. The average Bonchev–Trinajstić information content (AvgIpc) is 3.15. The van der Waals surface area contributed by atoms with Crippen LogP contribution in [-0.2, 0) is 35.4 Å². The predicted octanol–water partition coefficient (Wildman–Crippen LogP) is 6.11. The molecule has 0 unspecified atom stereocenters. The van der Waals surface area contributed by atoms with Crippen LogP contribution < -0.4 is 4.74 Å². The van der Waals surface area contributed by atoms with E-state index in [1.54, 1.807) is 0 Å². The molecule has 1 atom stereocenters. The molecule has 8 heteroatoms. The fraction of sp³-hybridized carbons (Fsp3) is 0.286. The minimum absolute atomic E-state index is 0.0339. The van der Waals surface area contributed by atoms with Gasteiger partial charge in [0.2, 0.25) is 5.91 Å². The van der Waals surface area contributed by atoms with Crippen LogP contribution in [0.5, 0.6) is 5.75 Å². The van der Waals surface area contributed by atoms with Gasteiger partial charge in [-0.2, -0.15) is 0 Å². The Hall–Kier alpha value is -3.09. The molecule has 0 saturated heterocycles. The number of aryl methyl sites for hydroxylation is 1. The van der Waals surface area contributed by atoms with Gasteiger partial charge in [-0.3, -0.25) is 9.59 Å². The van der Waals surface area contributed by atoms with Gasteiger partial charge in [0.15, 0.2) is 0 Å². The van der Waals surface area contributed by atoms with Gasteiger partial charge in [0, 0.05) is 30.8 Å². The first kappa shape index (κ1) is 26.0. The second-order valence-electron chi connectivity index (χ2n) is 9.37. The van der Waals surface area contributed by atoms with Crippen LogP contribution in [0.25, 0.3) is 0 Å². The Balaban J connectivity index is 1.39. The number of aliphatic carboxylic acids is 1. The second kappa shape index (κ2) is 10.9. The first-order valence-electron chi connectivity index (χ1n) is 11.6. The topological polar surface area (TPSA) is 66.8 Å². The molecule has 0 bridgehead atoms. The van der Waals surface area contributed by atoms with Gasteiger partial charge in [-0.25, -0.2) is 4.39 Å². The van der Waals surface area contributed by atoms with E-state index in [9.17, 15) is 19.1 Å². The Kier molecular flexibility index (Phi) is 7.86. The largest absolute Gasteiger partial charge is 0.487 e. The summed E-state index contributed by atoms with van der Waals surface area (Å²) in [6.07, 6.45) is 2.08. The summed E-state index contributed by atoms with van der Waals surface area (Å²) in [4.78, 5) is 25.5. The lowest BCUT2D eigenvalue weighted by Crippen LogP contribution is -2.35. The van der Waals surface area contributed by atoms with Crippen molar-refractivity contribution < 1.29 is 23.8 Å². The molecule has 1 amide bonds. The number of carboxylic acid groups (broad SMARTS) is 1. The molecular weight excluding hydrogens is 504 g/mol. The Labute approximate surface area is 219 Å². The molecular formula is C28H26Cl2FNO4. The van der Waals surface area contributed by atoms with Crippen LogP contribution in [0, 0.1) is 5.82 Å². The van der Waals surface area contributed by atoms with E-state index in [0.717, 1.165) is 35.3 Å². The summed E-state index contributed by atoms with van der Waals surface area (Å²) in [7, 11) is 0. The minimum Gasteiger partial charge on any atom is -0.487 e. The van der Waals surface area contributed by atoms with Gasteiger partial charge in [0.25, 0.3) is 0 Å². The maximum absolute atomic E-state index is 13.5. The average molecular weight is 530 g/mol. The number of carboxylic acids is 1. The van der Waals surface area contributed by atoms with Crippen molar-refractivity contribution in [2.75, 3.05) is 6.54 Å². The highest BCUT2D eigenvalue weighted by Gasteiger charge is 2.35. The lowest BCUT2D eigenvalue weighted by atomic mass is 9.91. The van der Waals surface area contributed by atoms with E-state index >= 15 is 0 Å². The first-order valence-corrected chi connectivity index (χ1v) is 12.3. The van der Waals surface area contributed by atoms with E-state index in [1.807, 2.05) is 36.4 Å². The summed E-state index contributed by atoms with van der Waals surface area (Å²) in [5.74, 6) is -1.16. The third kappa shape index (κ3) is 6.56. The van der Waals surface area contributed by atoms with Gasteiger partial charge in [0.05, 0.1) is 5.02 Å². The molecule has 0 aliphatic carbocycles. The van der Waals surface area contributed by atoms with Gasteiger partial charge in [-0.1, -0.05) is 53.5 Å². The Morgan fingerprint density at radius 3 is 2.42 bits per heavy atom. The number of ether oxygens (including phenoxy) is 1. The molecule has 0 saturated carbocycles. The monoisotopic (exact) mass is 529 g/mol. The van der Waals surface area contributed by atoms with Crippen LogP contribution in [0.3, 0.4) is 0 Å². The zero-order chi connectivity index (χ0) is 25.9. The van der Waals surface area contributed by atoms with E-state index in [4.69, 9.17) is 27.9 Å². The van der Waals surface area contributed by atoms with Gasteiger partial charge in [-0.05, 0) is 65.9 Å². The fourth-order valence-corrected chi connectivity index (χ4v) is 4.86. The normalized spacial score (nSPS) is 16.3. The molecule has 0 spiro atoms. The molecule has 1 aliphatic heterocycles. The molecule has 3 aromatic rings. The van der Waals surface area contributed by atoms with E-state index in [1.165, 1.54) is 23.1 Å². The lowest BCUT2D eigenvalue weighted by molar-refractivity contribution is -0.144. The summed E-state index contributed by atoms with van der Waals surface area (Å²) in [6.45, 7) is 1.66. The standard InChI is InChI=1S/C28H26Cl2FNO4/c1-28(14-19-2-7-22(29)8-3-19)15-21-12-18(5-10-25(21)36-28)6-11-26(33)32(17-27(34)35)16-20-4-9-24(31)23(30)13-20/h2-5,7-10,12-13H,6,11,14-17H2,1H3,(H,34,35)/t28-/m1/s1. The molecule has 4 rings (SSSR count). The summed E-state index contributed by atoms with van der Waals surface area (Å²) in [5, 5.41) is 9.89. The second-order valence-corrected chi connectivity index (χ2v) is 10.2. The maximum atomic E-state index is 13.5. The zero-order valence-corrected chi connectivity index (χ0v) is 21.3. The van der Waals surface area contributed by atoms with Crippen LogP contribution >= 0.6 is 23.2 Å². The van der Waals surface area contributed by atoms with Crippen molar-refractivity contribution in [1.29, 1.82) is 0 Å². The molecule has 0 radical (unpaired) electrons. The van der Waals surface area contributed by atoms with Crippen LogP contribution in [-0.4, -0.2) is 34.0 Å². The summed E-state index contributed by atoms with van der Waals surface area (Å²) in [5.41, 5.74) is 3.38. The van der Waals surface area contributed by atoms with Crippen LogP contribution in [0.4, 0.5) is 4.39 Å². The summed E-state index contributed by atoms with van der Waals surface area (Å²) < 4.78 is 19.7. The molecule has 1 N–H and O–H groups in total. The van der Waals surface area contributed by atoms with Crippen LogP contribution in [0.1, 0.15) is 35.6 Å². The third-order valence-electron chi connectivity index (χ3n) is 6.20. The van der Waals surface area contributed by atoms with Crippen LogP contribution in [0.15, 0.2) is 60.7 Å². The van der Waals surface area contributed by atoms with Gasteiger partial charge in [0.1, 0.15) is 23.7 Å². The molecule has 1 aliphatic rings. The predicted molar refractivity (Wildman–Crippen MR) is 137 cm³/mol. The van der Waals surface area contributed by atoms with Crippen molar-refractivity contribution in [3.05, 3.63) is 98.8 Å². The molecule has 188 valence electrons. The number of hydrogen-bond acceptors (Lipinski definition) is 3. The van der Waals surface area contributed by atoms with Crippen molar-refractivity contribution in [1.82, 2.24) is 4.90 Å². The molecule has 0 fully saturated rings. The Morgan fingerprint density at radius 1 is 1.03 bits per heavy atom. The zero-order valence-electron chi connectivity index (χ0n) is 19.8. The number of fused-ring (bicyclic) bond motifs is 1. The van der Waals surface area contributed by atoms with E-state index in [0.29, 0.717) is 17.0 Å². The van der Waals surface area contributed by atoms with Crippen molar-refractivity contribution in [2.24, 2.45) is 0 Å². The van der Waals surface area contributed by atoms with Crippen molar-refractivity contribution >= 4 is 35.1 Å². The minimum atomic E-state index is -1.12. The number of benzene rings is 3. The molecule has 0 aromatic heterocycles. The highest BCUT2D eigenvalue weighted by Crippen LogP contribution is 2.37. The molecule has 5 nitrogen and oxygen atoms in total. The number of amides is 1. The third-order valence-corrected chi connectivity index (χ3v) is 6.74. The van der Waals surface area contributed by atoms with E-state index in [-0.39, 0.29) is 29.5 Å². The van der Waals surface area contributed by atoms with Gasteiger partial charge >= 0.3 is 5.97 Å². The van der Waals surface area contributed by atoms with Crippen LogP contribution in [0.2, 0.25) is 10.0 Å².